The van der Waals surface area contributed by atoms with Crippen LogP contribution in [0.2, 0.25) is 0 Å². The van der Waals surface area contributed by atoms with Crippen molar-refractivity contribution in [1.82, 2.24) is 0 Å². The van der Waals surface area contributed by atoms with E-state index in [0.717, 1.165) is 0 Å². The molecule has 0 N–H and O–H groups in total. The minimum Gasteiger partial charge on any atom is -0.299 e. The SMILES string of the molecule is CCC(C)S(=O)(=O)C1CCC(=O)C1C. The van der Waals surface area contributed by atoms with Gasteiger partial charge in [-0.05, 0) is 19.8 Å². The van der Waals surface area contributed by atoms with E-state index in [4.69, 9.17) is 0 Å². The molecular weight excluding hydrogens is 200 g/mol. The smallest absolute Gasteiger partial charge is 0.156 e. The average Bonchev–Trinajstić information content (AvgIpc) is 2.46. The Kier molecular flexibility index (Phi) is 3.35. The molecule has 0 spiro atoms. The first-order valence-corrected chi connectivity index (χ1v) is 6.77. The van der Waals surface area contributed by atoms with Gasteiger partial charge >= 0.3 is 0 Å². The Labute approximate surface area is 85.8 Å². The van der Waals surface area contributed by atoms with Gasteiger partial charge in [-0.25, -0.2) is 8.42 Å². The van der Waals surface area contributed by atoms with Gasteiger partial charge in [0.15, 0.2) is 9.84 Å². The molecule has 1 aliphatic carbocycles. The van der Waals surface area contributed by atoms with E-state index >= 15 is 0 Å². The lowest BCUT2D eigenvalue weighted by atomic mass is 10.1. The Hall–Kier alpha value is -0.380. The second-order valence-corrected chi connectivity index (χ2v) is 6.73. The van der Waals surface area contributed by atoms with Gasteiger partial charge in [-0.15, -0.1) is 0 Å². The Morgan fingerprint density at radius 2 is 2.07 bits per heavy atom. The number of sulfone groups is 1. The zero-order chi connectivity index (χ0) is 10.9. The van der Waals surface area contributed by atoms with Crippen molar-refractivity contribution < 1.29 is 13.2 Å². The second-order valence-electron chi connectivity index (χ2n) is 4.14. The van der Waals surface area contributed by atoms with Crippen molar-refractivity contribution in [3.8, 4) is 0 Å². The molecule has 0 amide bonds. The van der Waals surface area contributed by atoms with Gasteiger partial charge in [0.05, 0.1) is 10.5 Å². The van der Waals surface area contributed by atoms with Crippen molar-refractivity contribution in [1.29, 1.82) is 0 Å². The molecule has 0 saturated heterocycles. The average molecular weight is 218 g/mol. The molecule has 0 aliphatic heterocycles. The monoisotopic (exact) mass is 218 g/mol. The number of carbonyl (C=O) groups is 1. The highest BCUT2D eigenvalue weighted by Gasteiger charge is 2.41. The van der Waals surface area contributed by atoms with Crippen LogP contribution < -0.4 is 0 Å². The largest absolute Gasteiger partial charge is 0.299 e. The number of hydrogen-bond donors (Lipinski definition) is 0. The van der Waals surface area contributed by atoms with Crippen molar-refractivity contribution >= 4 is 15.6 Å². The van der Waals surface area contributed by atoms with Crippen LogP contribution in [-0.2, 0) is 14.6 Å². The molecule has 0 radical (unpaired) electrons. The summed E-state index contributed by atoms with van der Waals surface area (Å²) in [6.45, 7) is 5.33. The summed E-state index contributed by atoms with van der Waals surface area (Å²) < 4.78 is 23.9. The highest BCUT2D eigenvalue weighted by Crippen LogP contribution is 2.30. The van der Waals surface area contributed by atoms with E-state index < -0.39 is 15.1 Å². The fourth-order valence-electron chi connectivity index (χ4n) is 1.95. The van der Waals surface area contributed by atoms with Crippen LogP contribution in [0.4, 0.5) is 0 Å². The summed E-state index contributed by atoms with van der Waals surface area (Å²) in [5.74, 6) is -0.198. The number of Topliss-reactive ketones (excluding diaryl/α,β-unsaturated/α-hetero) is 1. The van der Waals surface area contributed by atoms with Gasteiger partial charge in [-0.1, -0.05) is 13.8 Å². The van der Waals surface area contributed by atoms with Crippen molar-refractivity contribution in [2.45, 2.75) is 50.5 Å². The topological polar surface area (TPSA) is 51.2 Å². The summed E-state index contributed by atoms with van der Waals surface area (Å²) in [7, 11) is -3.09. The number of carbonyl (C=O) groups excluding carboxylic acids is 1. The molecule has 0 aromatic rings. The van der Waals surface area contributed by atoms with Crippen LogP contribution in [0.25, 0.3) is 0 Å². The van der Waals surface area contributed by atoms with Crippen molar-refractivity contribution in [2.24, 2.45) is 5.92 Å². The van der Waals surface area contributed by atoms with Crippen molar-refractivity contribution in [2.75, 3.05) is 0 Å². The fourth-order valence-corrected chi connectivity index (χ4v) is 4.18. The summed E-state index contributed by atoms with van der Waals surface area (Å²) >= 11 is 0. The normalized spacial score (nSPS) is 30.6. The highest BCUT2D eigenvalue weighted by atomic mass is 32.2. The molecule has 3 unspecified atom stereocenters. The van der Waals surface area contributed by atoms with Gasteiger partial charge < -0.3 is 0 Å². The quantitative estimate of drug-likeness (QED) is 0.722. The van der Waals surface area contributed by atoms with Gasteiger partial charge in [0, 0.05) is 12.3 Å². The first kappa shape index (κ1) is 11.7. The van der Waals surface area contributed by atoms with Gasteiger partial charge in [0.2, 0.25) is 0 Å². The molecular formula is C10H18O3S. The van der Waals surface area contributed by atoms with Gasteiger partial charge in [0.25, 0.3) is 0 Å². The molecule has 0 bridgehead atoms. The van der Waals surface area contributed by atoms with E-state index in [1.807, 2.05) is 6.92 Å². The van der Waals surface area contributed by atoms with Gasteiger partial charge in [-0.3, -0.25) is 4.79 Å². The van der Waals surface area contributed by atoms with E-state index in [0.29, 0.717) is 19.3 Å². The first-order chi connectivity index (χ1) is 6.41. The van der Waals surface area contributed by atoms with E-state index in [9.17, 15) is 13.2 Å². The van der Waals surface area contributed by atoms with Crippen LogP contribution in [0.15, 0.2) is 0 Å². The molecule has 1 rings (SSSR count). The Bertz CT molecular complexity index is 318. The summed E-state index contributed by atoms with van der Waals surface area (Å²) in [4.78, 5) is 11.3. The summed E-state index contributed by atoms with van der Waals surface area (Å²) in [5, 5.41) is -0.745. The van der Waals surface area contributed by atoms with Crippen molar-refractivity contribution in [3.63, 3.8) is 0 Å². The number of hydrogen-bond acceptors (Lipinski definition) is 3. The molecule has 3 atom stereocenters. The summed E-state index contributed by atoms with van der Waals surface area (Å²) in [6, 6.07) is 0. The van der Waals surface area contributed by atoms with Crippen LogP contribution in [0, 0.1) is 5.92 Å². The molecule has 14 heavy (non-hydrogen) atoms. The van der Waals surface area contributed by atoms with Crippen LogP contribution >= 0.6 is 0 Å². The molecule has 0 heterocycles. The number of ketones is 1. The molecule has 1 saturated carbocycles. The third-order valence-electron chi connectivity index (χ3n) is 3.30. The van der Waals surface area contributed by atoms with Crippen LogP contribution in [-0.4, -0.2) is 24.7 Å². The maximum Gasteiger partial charge on any atom is 0.156 e. The van der Waals surface area contributed by atoms with E-state index in [2.05, 4.69) is 0 Å². The maximum absolute atomic E-state index is 12.0. The standard InChI is InChI=1S/C10H18O3S/c1-4-7(2)14(12,13)10-6-5-9(11)8(10)3/h7-8,10H,4-6H2,1-3H3. The molecule has 1 fully saturated rings. The van der Waals surface area contributed by atoms with Crippen LogP contribution in [0.3, 0.4) is 0 Å². The summed E-state index contributed by atoms with van der Waals surface area (Å²) in [5.41, 5.74) is 0. The third-order valence-corrected chi connectivity index (χ3v) is 6.24. The van der Waals surface area contributed by atoms with E-state index in [1.54, 1.807) is 13.8 Å². The highest BCUT2D eigenvalue weighted by molar-refractivity contribution is 7.92. The van der Waals surface area contributed by atoms with Gasteiger partial charge in [-0.2, -0.15) is 0 Å². The lowest BCUT2D eigenvalue weighted by molar-refractivity contribution is -0.120. The van der Waals surface area contributed by atoms with E-state index in [1.165, 1.54) is 0 Å². The zero-order valence-corrected chi connectivity index (χ0v) is 9.80. The molecule has 82 valence electrons. The maximum atomic E-state index is 12.0. The number of rotatable bonds is 3. The molecule has 1 aliphatic rings. The lowest BCUT2D eigenvalue weighted by Crippen LogP contribution is -2.33. The fraction of sp³-hybridized carbons (Fsp3) is 0.900. The molecule has 4 heteroatoms. The predicted octanol–water partition coefficient (Wildman–Crippen LogP) is 1.57. The lowest BCUT2D eigenvalue weighted by Gasteiger charge is -2.19. The van der Waals surface area contributed by atoms with Crippen molar-refractivity contribution in [3.05, 3.63) is 0 Å². The Morgan fingerprint density at radius 1 is 1.50 bits per heavy atom. The summed E-state index contributed by atoms with van der Waals surface area (Å²) in [6.07, 6.45) is 1.58. The van der Waals surface area contributed by atoms with Crippen LogP contribution in [0.1, 0.15) is 40.0 Å². The van der Waals surface area contributed by atoms with Crippen LogP contribution in [0.5, 0.6) is 0 Å². The van der Waals surface area contributed by atoms with E-state index in [-0.39, 0.29) is 17.0 Å². The molecule has 0 aromatic heterocycles. The first-order valence-electron chi connectivity index (χ1n) is 5.16. The second kappa shape index (κ2) is 4.01. The third kappa shape index (κ3) is 1.85. The zero-order valence-electron chi connectivity index (χ0n) is 8.99. The minimum atomic E-state index is -3.09. The Balaban J connectivity index is 2.90. The predicted molar refractivity (Wildman–Crippen MR) is 55.9 cm³/mol. The molecule has 3 nitrogen and oxygen atoms in total. The Morgan fingerprint density at radius 3 is 2.43 bits per heavy atom. The molecule has 0 aromatic carbocycles. The van der Waals surface area contributed by atoms with Gasteiger partial charge in [0.1, 0.15) is 5.78 Å². The minimum absolute atomic E-state index is 0.0990.